The normalized spacial score (nSPS) is 16.8. The average molecular weight is 371 g/mol. The van der Waals surface area contributed by atoms with E-state index in [2.05, 4.69) is 15.2 Å². The zero-order valence-corrected chi connectivity index (χ0v) is 15.1. The fourth-order valence-electron chi connectivity index (χ4n) is 3.03. The second-order valence-electron chi connectivity index (χ2n) is 6.08. The molecule has 0 radical (unpaired) electrons. The fraction of sp³-hybridized carbons (Fsp3) is 0.263. The Labute approximate surface area is 156 Å². The van der Waals surface area contributed by atoms with Crippen LogP contribution in [-0.2, 0) is 11.3 Å². The van der Waals surface area contributed by atoms with Crippen molar-refractivity contribution in [2.24, 2.45) is 0 Å². The summed E-state index contributed by atoms with van der Waals surface area (Å²) in [6.07, 6.45) is 1.70. The highest BCUT2D eigenvalue weighted by Crippen LogP contribution is 2.32. The number of benzene rings is 2. The summed E-state index contributed by atoms with van der Waals surface area (Å²) in [5.41, 5.74) is 2.98. The minimum absolute atomic E-state index is 0.234. The number of rotatable bonds is 5. The van der Waals surface area contributed by atoms with Crippen LogP contribution in [0.15, 0.2) is 54.7 Å². The monoisotopic (exact) mass is 370 g/mol. The van der Waals surface area contributed by atoms with Crippen molar-refractivity contribution in [3.05, 3.63) is 71.0 Å². The first-order valence-electron chi connectivity index (χ1n) is 8.40. The molecule has 26 heavy (non-hydrogen) atoms. The van der Waals surface area contributed by atoms with E-state index in [1.54, 1.807) is 7.11 Å². The van der Waals surface area contributed by atoms with E-state index in [0.29, 0.717) is 13.2 Å². The van der Waals surface area contributed by atoms with E-state index < -0.39 is 0 Å². The first-order chi connectivity index (χ1) is 12.7. The number of hydrogen-bond donors (Lipinski definition) is 0. The van der Waals surface area contributed by atoms with Crippen LogP contribution in [-0.4, -0.2) is 35.3 Å². The van der Waals surface area contributed by atoms with Crippen LogP contribution in [0.5, 0.6) is 5.75 Å². The summed E-state index contributed by atoms with van der Waals surface area (Å²) in [7, 11) is 1.66. The molecule has 1 aliphatic heterocycles. The van der Waals surface area contributed by atoms with Crippen LogP contribution in [0, 0.1) is 0 Å². The van der Waals surface area contributed by atoms with Crippen molar-refractivity contribution in [3.8, 4) is 5.75 Å². The highest BCUT2D eigenvalue weighted by atomic mass is 35.5. The van der Waals surface area contributed by atoms with Crippen LogP contribution >= 0.6 is 11.6 Å². The van der Waals surface area contributed by atoms with E-state index in [4.69, 9.17) is 21.1 Å². The Hall–Kier alpha value is -2.57. The molecule has 1 atom stereocenters. The molecule has 1 fully saturated rings. The number of methoxy groups -OCH3 is 1. The van der Waals surface area contributed by atoms with E-state index in [1.807, 2.05) is 59.4 Å². The lowest BCUT2D eigenvalue weighted by molar-refractivity contribution is 0.110. The molecule has 134 valence electrons. The first-order valence-corrected chi connectivity index (χ1v) is 8.77. The quantitative estimate of drug-likeness (QED) is 0.687. The average Bonchev–Trinajstić information content (AvgIpc) is 3.33. The van der Waals surface area contributed by atoms with Crippen molar-refractivity contribution in [2.45, 2.75) is 12.8 Å². The summed E-state index contributed by atoms with van der Waals surface area (Å²) in [6.45, 7) is 2.10. The number of halogens is 1. The topological polar surface area (TPSA) is 52.4 Å². The maximum Gasteiger partial charge on any atom is 0.177 e. The second-order valence-corrected chi connectivity index (χ2v) is 6.52. The maximum absolute atomic E-state index is 5.93. The van der Waals surface area contributed by atoms with Crippen LogP contribution in [0.1, 0.15) is 17.5 Å². The van der Waals surface area contributed by atoms with Gasteiger partial charge in [0.25, 0.3) is 0 Å². The van der Waals surface area contributed by atoms with Gasteiger partial charge in [-0.15, -0.1) is 5.10 Å². The van der Waals surface area contributed by atoms with Crippen molar-refractivity contribution in [3.63, 3.8) is 0 Å². The third kappa shape index (κ3) is 3.52. The van der Waals surface area contributed by atoms with Gasteiger partial charge in [-0.25, -0.2) is 4.68 Å². The maximum atomic E-state index is 5.93. The van der Waals surface area contributed by atoms with Crippen LogP contribution in [0.2, 0.25) is 5.02 Å². The molecule has 0 saturated carbocycles. The molecule has 1 saturated heterocycles. The van der Waals surface area contributed by atoms with Gasteiger partial charge in [-0.3, -0.25) is 0 Å². The Bertz CT molecular complexity index is 864. The summed E-state index contributed by atoms with van der Waals surface area (Å²) in [4.78, 5) is 2.18. The standard InChI is InChI=1S/C19H19ClN4O2/c1-25-17-8-6-16(7-9-17)24-10-11-26-19(24)18-13-23(22-21-18)12-14-2-4-15(20)5-3-14/h2-9,13,19H,10-12H2,1H3/t19-/m0/s1. The molecule has 0 unspecified atom stereocenters. The van der Waals surface area contributed by atoms with Gasteiger partial charge in [0.1, 0.15) is 11.4 Å². The predicted octanol–water partition coefficient (Wildman–Crippen LogP) is 3.52. The molecule has 7 heteroatoms. The lowest BCUT2D eigenvalue weighted by Crippen LogP contribution is -2.23. The Morgan fingerprint density at radius 1 is 1.15 bits per heavy atom. The van der Waals surface area contributed by atoms with Crippen molar-refractivity contribution in [1.29, 1.82) is 0 Å². The lowest BCUT2D eigenvalue weighted by atomic mass is 10.2. The Morgan fingerprint density at radius 3 is 2.65 bits per heavy atom. The van der Waals surface area contributed by atoms with Crippen molar-refractivity contribution in [2.75, 3.05) is 25.2 Å². The summed E-state index contributed by atoms with van der Waals surface area (Å²) in [5.74, 6) is 0.833. The predicted molar refractivity (Wildman–Crippen MR) is 99.6 cm³/mol. The zero-order valence-electron chi connectivity index (χ0n) is 14.4. The minimum Gasteiger partial charge on any atom is -0.497 e. The molecule has 1 aromatic heterocycles. The molecular formula is C19H19ClN4O2. The molecule has 2 aromatic carbocycles. The molecule has 6 nitrogen and oxygen atoms in total. The number of anilines is 1. The number of ether oxygens (including phenoxy) is 2. The van der Waals surface area contributed by atoms with Gasteiger partial charge in [0.15, 0.2) is 6.23 Å². The highest BCUT2D eigenvalue weighted by Gasteiger charge is 2.29. The van der Waals surface area contributed by atoms with E-state index in [-0.39, 0.29) is 6.23 Å². The zero-order chi connectivity index (χ0) is 17.9. The van der Waals surface area contributed by atoms with Crippen LogP contribution in [0.25, 0.3) is 0 Å². The molecule has 3 aromatic rings. The van der Waals surface area contributed by atoms with Crippen molar-refractivity contribution >= 4 is 17.3 Å². The van der Waals surface area contributed by atoms with Gasteiger partial charge in [-0.05, 0) is 42.0 Å². The van der Waals surface area contributed by atoms with Gasteiger partial charge < -0.3 is 14.4 Å². The molecule has 0 amide bonds. The molecule has 0 bridgehead atoms. The van der Waals surface area contributed by atoms with E-state index in [1.165, 1.54) is 0 Å². The van der Waals surface area contributed by atoms with E-state index >= 15 is 0 Å². The van der Waals surface area contributed by atoms with Crippen molar-refractivity contribution < 1.29 is 9.47 Å². The van der Waals surface area contributed by atoms with Crippen LogP contribution in [0.3, 0.4) is 0 Å². The number of aromatic nitrogens is 3. The summed E-state index contributed by atoms with van der Waals surface area (Å²) in [5, 5.41) is 9.28. The van der Waals surface area contributed by atoms with Crippen LogP contribution in [0.4, 0.5) is 5.69 Å². The Morgan fingerprint density at radius 2 is 1.92 bits per heavy atom. The first kappa shape index (κ1) is 16.9. The van der Waals surface area contributed by atoms with Gasteiger partial charge in [-0.2, -0.15) is 0 Å². The lowest BCUT2D eigenvalue weighted by Gasteiger charge is -2.23. The van der Waals surface area contributed by atoms with E-state index in [9.17, 15) is 0 Å². The molecular weight excluding hydrogens is 352 g/mol. The fourth-order valence-corrected chi connectivity index (χ4v) is 3.16. The van der Waals surface area contributed by atoms with Gasteiger partial charge >= 0.3 is 0 Å². The van der Waals surface area contributed by atoms with Gasteiger partial charge in [0, 0.05) is 17.3 Å². The molecule has 0 N–H and O–H groups in total. The minimum atomic E-state index is -0.234. The van der Waals surface area contributed by atoms with Crippen LogP contribution < -0.4 is 9.64 Å². The molecule has 0 spiro atoms. The van der Waals surface area contributed by atoms with Gasteiger partial charge in [-0.1, -0.05) is 28.9 Å². The highest BCUT2D eigenvalue weighted by molar-refractivity contribution is 6.30. The molecule has 0 aliphatic carbocycles. The Kier molecular flexibility index (Phi) is 4.77. The molecule has 2 heterocycles. The summed E-state index contributed by atoms with van der Waals surface area (Å²) >= 11 is 5.93. The third-order valence-electron chi connectivity index (χ3n) is 4.36. The van der Waals surface area contributed by atoms with Gasteiger partial charge in [0.05, 0.1) is 26.5 Å². The number of hydrogen-bond acceptors (Lipinski definition) is 5. The third-order valence-corrected chi connectivity index (χ3v) is 4.61. The van der Waals surface area contributed by atoms with Gasteiger partial charge in [0.2, 0.25) is 0 Å². The van der Waals surface area contributed by atoms with E-state index in [0.717, 1.165) is 34.3 Å². The summed E-state index contributed by atoms with van der Waals surface area (Å²) < 4.78 is 12.9. The number of nitrogens with zero attached hydrogens (tertiary/aromatic N) is 4. The second kappa shape index (κ2) is 7.35. The molecule has 1 aliphatic rings. The van der Waals surface area contributed by atoms with Crippen molar-refractivity contribution in [1.82, 2.24) is 15.0 Å². The SMILES string of the molecule is COc1ccc(N2CCO[C@H]2c2cn(Cc3ccc(Cl)cc3)nn2)cc1. The smallest absolute Gasteiger partial charge is 0.177 e. The summed E-state index contributed by atoms with van der Waals surface area (Å²) in [6, 6.07) is 15.7. The Balaban J connectivity index is 1.51. The largest absolute Gasteiger partial charge is 0.497 e. The molecule has 4 rings (SSSR count).